The molecule has 1 fully saturated rings. The maximum absolute atomic E-state index is 12.0. The molecule has 0 unspecified atom stereocenters. The third kappa shape index (κ3) is 4.10. The minimum atomic E-state index is -0.222. The van der Waals surface area contributed by atoms with E-state index in [1.54, 1.807) is 12.3 Å². The van der Waals surface area contributed by atoms with Crippen LogP contribution in [0.15, 0.2) is 52.3 Å². The smallest absolute Gasteiger partial charge is 0.272 e. The van der Waals surface area contributed by atoms with Gasteiger partial charge in [0, 0.05) is 28.5 Å². The Morgan fingerprint density at radius 1 is 1.22 bits per heavy atom. The summed E-state index contributed by atoms with van der Waals surface area (Å²) >= 11 is 3.37. The van der Waals surface area contributed by atoms with E-state index in [-0.39, 0.29) is 5.91 Å². The molecule has 5 heteroatoms. The minimum Gasteiger partial charge on any atom is -0.351 e. The molecule has 2 aromatic rings. The van der Waals surface area contributed by atoms with Crippen molar-refractivity contribution >= 4 is 28.1 Å². The second-order valence-electron chi connectivity index (χ2n) is 5.86. The lowest BCUT2D eigenvalue weighted by Gasteiger charge is -2.23. The first-order chi connectivity index (χ1) is 11.2. The van der Waals surface area contributed by atoms with E-state index in [2.05, 4.69) is 43.4 Å². The van der Waals surface area contributed by atoms with Crippen molar-refractivity contribution < 1.29 is 4.79 Å². The molecule has 1 saturated carbocycles. The van der Waals surface area contributed by atoms with Gasteiger partial charge in [-0.25, -0.2) is 5.43 Å². The molecule has 23 heavy (non-hydrogen) atoms. The number of halogens is 1. The number of nitrogens with one attached hydrogen (secondary N) is 1. The van der Waals surface area contributed by atoms with E-state index in [1.165, 1.54) is 32.1 Å². The molecule has 1 aliphatic rings. The first-order valence-corrected chi connectivity index (χ1v) is 8.79. The van der Waals surface area contributed by atoms with Crippen LogP contribution in [0.3, 0.4) is 0 Å². The van der Waals surface area contributed by atoms with Gasteiger partial charge >= 0.3 is 0 Å². The number of carbonyl (C=O) groups excluding carboxylic acids is 1. The van der Waals surface area contributed by atoms with Gasteiger partial charge in [0.25, 0.3) is 5.91 Å². The minimum absolute atomic E-state index is 0.222. The SMILES string of the molecule is O=C(N/N=C\c1ccn(C2CCCCC2)c1)c1ccccc1Br. The molecular formula is C18H20BrN3O. The largest absolute Gasteiger partial charge is 0.351 e. The monoisotopic (exact) mass is 373 g/mol. The summed E-state index contributed by atoms with van der Waals surface area (Å²) in [7, 11) is 0. The van der Waals surface area contributed by atoms with Crippen molar-refractivity contribution in [2.75, 3.05) is 0 Å². The molecule has 3 rings (SSSR count). The molecular weight excluding hydrogens is 354 g/mol. The zero-order valence-corrected chi connectivity index (χ0v) is 14.5. The molecule has 0 saturated heterocycles. The molecule has 1 amide bonds. The Balaban J connectivity index is 1.59. The molecule has 1 aliphatic carbocycles. The van der Waals surface area contributed by atoms with E-state index in [0.29, 0.717) is 11.6 Å². The van der Waals surface area contributed by atoms with Gasteiger partial charge in [0.2, 0.25) is 0 Å². The van der Waals surface area contributed by atoms with E-state index in [4.69, 9.17) is 0 Å². The van der Waals surface area contributed by atoms with E-state index >= 15 is 0 Å². The predicted molar refractivity (Wildman–Crippen MR) is 95.8 cm³/mol. The molecule has 0 radical (unpaired) electrons. The van der Waals surface area contributed by atoms with E-state index in [1.807, 2.05) is 24.3 Å². The normalized spacial score (nSPS) is 15.9. The van der Waals surface area contributed by atoms with Gasteiger partial charge in [0.1, 0.15) is 0 Å². The first kappa shape index (κ1) is 16.0. The Morgan fingerprint density at radius 2 is 2.00 bits per heavy atom. The van der Waals surface area contributed by atoms with Crippen LogP contribution in [0.2, 0.25) is 0 Å². The number of carbonyl (C=O) groups is 1. The Labute approximate surface area is 144 Å². The van der Waals surface area contributed by atoms with Gasteiger partial charge in [-0.05, 0) is 47.0 Å². The van der Waals surface area contributed by atoms with Crippen molar-refractivity contribution in [2.45, 2.75) is 38.1 Å². The Hall–Kier alpha value is -1.88. The zero-order valence-electron chi connectivity index (χ0n) is 12.9. The van der Waals surface area contributed by atoms with Gasteiger partial charge in [-0.3, -0.25) is 4.79 Å². The van der Waals surface area contributed by atoms with Crippen LogP contribution in [0.1, 0.15) is 54.1 Å². The van der Waals surface area contributed by atoms with Crippen molar-refractivity contribution in [1.29, 1.82) is 0 Å². The quantitative estimate of drug-likeness (QED) is 0.621. The average molecular weight is 374 g/mol. The average Bonchev–Trinajstić information content (AvgIpc) is 3.05. The topological polar surface area (TPSA) is 46.4 Å². The fraction of sp³-hybridized carbons (Fsp3) is 0.333. The molecule has 0 atom stereocenters. The third-order valence-electron chi connectivity index (χ3n) is 4.23. The number of nitrogens with zero attached hydrogens (tertiary/aromatic N) is 2. The van der Waals surface area contributed by atoms with Crippen molar-refractivity contribution in [2.24, 2.45) is 5.10 Å². The number of hydrogen-bond acceptors (Lipinski definition) is 2. The summed E-state index contributed by atoms with van der Waals surface area (Å²) in [5.41, 5.74) is 4.14. The zero-order chi connectivity index (χ0) is 16.1. The number of benzene rings is 1. The Bertz CT molecular complexity index is 702. The van der Waals surface area contributed by atoms with Crippen LogP contribution in [-0.2, 0) is 0 Å². The van der Waals surface area contributed by atoms with Crippen LogP contribution >= 0.6 is 15.9 Å². The van der Waals surface area contributed by atoms with Gasteiger partial charge in [-0.2, -0.15) is 5.10 Å². The van der Waals surface area contributed by atoms with Crippen LogP contribution in [0.5, 0.6) is 0 Å². The summed E-state index contributed by atoms with van der Waals surface area (Å²) in [6.07, 6.45) is 12.4. The van der Waals surface area contributed by atoms with Gasteiger partial charge in [-0.1, -0.05) is 31.4 Å². The van der Waals surface area contributed by atoms with Crippen LogP contribution in [0.4, 0.5) is 0 Å². The molecule has 1 aromatic heterocycles. The number of hydrazone groups is 1. The summed E-state index contributed by atoms with van der Waals surface area (Å²) in [4.78, 5) is 12.0. The first-order valence-electron chi connectivity index (χ1n) is 7.99. The molecule has 4 nitrogen and oxygen atoms in total. The molecule has 0 aliphatic heterocycles. The number of hydrogen-bond donors (Lipinski definition) is 1. The summed E-state index contributed by atoms with van der Waals surface area (Å²) < 4.78 is 3.03. The van der Waals surface area contributed by atoms with Gasteiger partial charge in [0.05, 0.1) is 11.8 Å². The summed E-state index contributed by atoms with van der Waals surface area (Å²) in [5, 5.41) is 4.06. The van der Waals surface area contributed by atoms with Gasteiger partial charge < -0.3 is 4.57 Å². The maximum Gasteiger partial charge on any atom is 0.272 e. The highest BCUT2D eigenvalue weighted by atomic mass is 79.9. The molecule has 120 valence electrons. The number of rotatable bonds is 4. The Morgan fingerprint density at radius 3 is 2.78 bits per heavy atom. The third-order valence-corrected chi connectivity index (χ3v) is 4.92. The van der Waals surface area contributed by atoms with Crippen LogP contribution < -0.4 is 5.43 Å². The molecule has 1 aromatic carbocycles. The predicted octanol–water partition coefficient (Wildman–Crippen LogP) is 4.52. The lowest BCUT2D eigenvalue weighted by Crippen LogP contribution is -2.18. The van der Waals surface area contributed by atoms with Crippen LogP contribution in [0, 0.1) is 0 Å². The standard InChI is InChI=1S/C18H20BrN3O/c19-17-9-5-4-8-16(17)18(23)21-20-12-14-10-11-22(13-14)15-6-2-1-3-7-15/h4-5,8-13,15H,1-3,6-7H2,(H,21,23)/b20-12-. The van der Waals surface area contributed by atoms with Gasteiger partial charge in [0.15, 0.2) is 0 Å². The maximum atomic E-state index is 12.0. The van der Waals surface area contributed by atoms with E-state index in [0.717, 1.165) is 10.0 Å². The number of aromatic nitrogens is 1. The highest BCUT2D eigenvalue weighted by Crippen LogP contribution is 2.28. The van der Waals surface area contributed by atoms with Crippen molar-refractivity contribution in [1.82, 2.24) is 9.99 Å². The molecule has 0 bridgehead atoms. The lowest BCUT2D eigenvalue weighted by molar-refractivity contribution is 0.0954. The van der Waals surface area contributed by atoms with Crippen LogP contribution in [0.25, 0.3) is 0 Å². The fourth-order valence-electron chi connectivity index (χ4n) is 2.98. The van der Waals surface area contributed by atoms with E-state index < -0.39 is 0 Å². The summed E-state index contributed by atoms with van der Waals surface area (Å²) in [6.45, 7) is 0. The molecule has 0 spiro atoms. The lowest BCUT2D eigenvalue weighted by atomic mass is 9.95. The summed E-state index contributed by atoms with van der Waals surface area (Å²) in [6, 6.07) is 9.94. The fourth-order valence-corrected chi connectivity index (χ4v) is 3.45. The molecule has 1 N–H and O–H groups in total. The highest BCUT2D eigenvalue weighted by Gasteiger charge is 2.14. The summed E-state index contributed by atoms with van der Waals surface area (Å²) in [5.74, 6) is -0.222. The van der Waals surface area contributed by atoms with Crippen LogP contribution in [-0.4, -0.2) is 16.7 Å². The Kier molecular flexibility index (Phi) is 5.28. The highest BCUT2D eigenvalue weighted by molar-refractivity contribution is 9.10. The van der Waals surface area contributed by atoms with Gasteiger partial charge in [-0.15, -0.1) is 0 Å². The van der Waals surface area contributed by atoms with Crippen molar-refractivity contribution in [3.05, 3.63) is 58.3 Å². The molecule has 1 heterocycles. The van der Waals surface area contributed by atoms with Crippen molar-refractivity contribution in [3.8, 4) is 0 Å². The second kappa shape index (κ2) is 7.59. The number of amides is 1. The second-order valence-corrected chi connectivity index (χ2v) is 6.72. The van der Waals surface area contributed by atoms with Crippen molar-refractivity contribution in [3.63, 3.8) is 0 Å². The van der Waals surface area contributed by atoms with E-state index in [9.17, 15) is 4.79 Å².